The summed E-state index contributed by atoms with van der Waals surface area (Å²) >= 11 is 6.11. The zero-order valence-electron chi connectivity index (χ0n) is 11.2. The summed E-state index contributed by atoms with van der Waals surface area (Å²) in [5, 5.41) is 0.718. The summed E-state index contributed by atoms with van der Waals surface area (Å²) in [6, 6.07) is 16.1. The Morgan fingerprint density at radius 3 is 2.70 bits per heavy atom. The number of nitrogens with zero attached hydrogens (tertiary/aromatic N) is 2. The number of aromatic nitrogens is 2. The third-order valence-electron chi connectivity index (χ3n) is 3.25. The quantitative estimate of drug-likeness (QED) is 0.728. The van der Waals surface area contributed by atoms with Gasteiger partial charge >= 0.3 is 0 Å². The van der Waals surface area contributed by atoms with Gasteiger partial charge in [0.15, 0.2) is 0 Å². The fourth-order valence-corrected chi connectivity index (χ4v) is 2.49. The molecule has 2 aromatic carbocycles. The van der Waals surface area contributed by atoms with E-state index >= 15 is 0 Å². The van der Waals surface area contributed by atoms with Crippen LogP contribution in [-0.4, -0.2) is 16.7 Å². The van der Waals surface area contributed by atoms with Gasteiger partial charge in [0.25, 0.3) is 0 Å². The van der Waals surface area contributed by atoms with E-state index < -0.39 is 0 Å². The smallest absolute Gasteiger partial charge is 0.136 e. The Kier molecular flexibility index (Phi) is 3.72. The van der Waals surface area contributed by atoms with Crippen molar-refractivity contribution in [2.45, 2.75) is 13.2 Å². The fraction of sp³-hybridized carbons (Fsp3) is 0.188. The highest BCUT2D eigenvalue weighted by molar-refractivity contribution is 6.31. The number of fused-ring (bicyclic) bond motifs is 1. The van der Waals surface area contributed by atoms with Crippen LogP contribution in [0.4, 0.5) is 0 Å². The van der Waals surface area contributed by atoms with Crippen LogP contribution in [0, 0.1) is 0 Å². The van der Waals surface area contributed by atoms with Crippen molar-refractivity contribution < 1.29 is 4.74 Å². The Morgan fingerprint density at radius 1 is 1.15 bits per heavy atom. The summed E-state index contributed by atoms with van der Waals surface area (Å²) in [5.41, 5.74) is 3.20. The molecule has 102 valence electrons. The van der Waals surface area contributed by atoms with E-state index in [1.54, 1.807) is 7.11 Å². The normalized spacial score (nSPS) is 11.1. The van der Waals surface area contributed by atoms with E-state index in [2.05, 4.69) is 21.7 Å². The first-order valence-corrected chi connectivity index (χ1v) is 6.83. The molecule has 0 radical (unpaired) electrons. The molecule has 0 spiro atoms. The van der Waals surface area contributed by atoms with Crippen LogP contribution in [-0.2, 0) is 17.9 Å². The summed E-state index contributed by atoms with van der Waals surface area (Å²) in [6.45, 7) is 1.25. The monoisotopic (exact) mass is 286 g/mol. The molecule has 1 aromatic heterocycles. The molecule has 4 heteroatoms. The van der Waals surface area contributed by atoms with Gasteiger partial charge in [-0.05, 0) is 23.8 Å². The number of hydrogen-bond donors (Lipinski definition) is 0. The Hall–Kier alpha value is -1.84. The molecule has 0 unspecified atom stereocenters. The van der Waals surface area contributed by atoms with Gasteiger partial charge < -0.3 is 9.30 Å². The number of benzene rings is 2. The number of halogens is 1. The third kappa shape index (κ3) is 2.55. The maximum atomic E-state index is 6.11. The van der Waals surface area contributed by atoms with Crippen LogP contribution in [0.2, 0.25) is 5.02 Å². The molecule has 3 rings (SSSR count). The number of ether oxygens (including phenoxy) is 1. The maximum absolute atomic E-state index is 6.11. The number of imidazole rings is 1. The van der Waals surface area contributed by atoms with Crippen molar-refractivity contribution >= 4 is 22.6 Å². The summed E-state index contributed by atoms with van der Waals surface area (Å²) < 4.78 is 7.40. The van der Waals surface area contributed by atoms with Gasteiger partial charge in [-0.25, -0.2) is 4.98 Å². The van der Waals surface area contributed by atoms with Crippen LogP contribution in [0.5, 0.6) is 0 Å². The molecular formula is C16H15ClN2O. The highest BCUT2D eigenvalue weighted by Gasteiger charge is 2.11. The minimum Gasteiger partial charge on any atom is -0.377 e. The standard InChI is InChI=1S/C16H15ClN2O/c1-20-11-16-18-14-8-7-13(17)9-15(14)19(16)10-12-5-3-2-4-6-12/h2-9H,10-11H2,1H3. The largest absolute Gasteiger partial charge is 0.377 e. The molecule has 0 aliphatic carbocycles. The molecule has 0 bridgehead atoms. The Bertz CT molecular complexity index is 722. The minimum absolute atomic E-state index is 0.485. The summed E-state index contributed by atoms with van der Waals surface area (Å²) in [4.78, 5) is 4.62. The Balaban J connectivity index is 2.10. The molecule has 0 amide bonds. The van der Waals surface area contributed by atoms with Crippen molar-refractivity contribution in [2.24, 2.45) is 0 Å². The first kappa shape index (κ1) is 13.2. The van der Waals surface area contributed by atoms with Gasteiger partial charge in [-0.3, -0.25) is 0 Å². The van der Waals surface area contributed by atoms with Gasteiger partial charge in [0.05, 0.1) is 11.0 Å². The lowest BCUT2D eigenvalue weighted by molar-refractivity contribution is 0.175. The van der Waals surface area contributed by atoms with E-state index in [0.29, 0.717) is 6.61 Å². The molecular weight excluding hydrogens is 272 g/mol. The first-order chi connectivity index (χ1) is 9.78. The zero-order valence-corrected chi connectivity index (χ0v) is 12.0. The molecule has 0 aliphatic heterocycles. The highest BCUT2D eigenvalue weighted by atomic mass is 35.5. The van der Waals surface area contributed by atoms with Crippen LogP contribution < -0.4 is 0 Å². The highest BCUT2D eigenvalue weighted by Crippen LogP contribution is 2.22. The maximum Gasteiger partial charge on any atom is 0.136 e. The summed E-state index contributed by atoms with van der Waals surface area (Å²) in [6.07, 6.45) is 0. The predicted octanol–water partition coefficient (Wildman–Crippen LogP) is 3.88. The number of rotatable bonds is 4. The van der Waals surface area contributed by atoms with Gasteiger partial charge in [-0.2, -0.15) is 0 Å². The van der Waals surface area contributed by atoms with E-state index in [1.165, 1.54) is 5.56 Å². The lowest BCUT2D eigenvalue weighted by Crippen LogP contribution is -2.06. The second-order valence-corrected chi connectivity index (χ2v) is 5.10. The first-order valence-electron chi connectivity index (χ1n) is 6.45. The van der Waals surface area contributed by atoms with Gasteiger partial charge in [-0.15, -0.1) is 0 Å². The van der Waals surface area contributed by atoms with Crippen molar-refractivity contribution in [3.05, 3.63) is 64.9 Å². The van der Waals surface area contributed by atoms with E-state index in [0.717, 1.165) is 28.4 Å². The van der Waals surface area contributed by atoms with Crippen LogP contribution >= 0.6 is 11.6 Å². The van der Waals surface area contributed by atoms with Gasteiger partial charge in [0, 0.05) is 18.7 Å². The summed E-state index contributed by atoms with van der Waals surface area (Å²) in [7, 11) is 1.68. The van der Waals surface area contributed by atoms with E-state index in [9.17, 15) is 0 Å². The van der Waals surface area contributed by atoms with Crippen LogP contribution in [0.1, 0.15) is 11.4 Å². The molecule has 3 nitrogen and oxygen atoms in total. The zero-order chi connectivity index (χ0) is 13.9. The SMILES string of the molecule is COCc1nc2ccc(Cl)cc2n1Cc1ccccc1. The van der Waals surface area contributed by atoms with Gasteiger partial charge in [-0.1, -0.05) is 41.9 Å². The number of hydrogen-bond acceptors (Lipinski definition) is 2. The average Bonchev–Trinajstić information content (AvgIpc) is 2.78. The van der Waals surface area contributed by atoms with Crippen molar-refractivity contribution in [1.82, 2.24) is 9.55 Å². The van der Waals surface area contributed by atoms with E-state index in [4.69, 9.17) is 16.3 Å². The van der Waals surface area contributed by atoms with Gasteiger partial charge in [0.1, 0.15) is 12.4 Å². The predicted molar refractivity (Wildman–Crippen MR) is 81.0 cm³/mol. The average molecular weight is 287 g/mol. The molecule has 1 heterocycles. The van der Waals surface area contributed by atoms with Crippen LogP contribution in [0.15, 0.2) is 48.5 Å². The van der Waals surface area contributed by atoms with E-state index in [1.807, 2.05) is 36.4 Å². The van der Waals surface area contributed by atoms with E-state index in [-0.39, 0.29) is 0 Å². The van der Waals surface area contributed by atoms with Crippen molar-refractivity contribution in [2.75, 3.05) is 7.11 Å². The molecule has 0 aliphatic rings. The van der Waals surface area contributed by atoms with Crippen molar-refractivity contribution in [3.63, 3.8) is 0 Å². The lowest BCUT2D eigenvalue weighted by atomic mass is 10.2. The van der Waals surface area contributed by atoms with Crippen LogP contribution in [0.3, 0.4) is 0 Å². The fourth-order valence-electron chi connectivity index (χ4n) is 2.33. The van der Waals surface area contributed by atoms with Crippen molar-refractivity contribution in [3.8, 4) is 0 Å². The van der Waals surface area contributed by atoms with Gasteiger partial charge in [0.2, 0.25) is 0 Å². The number of methoxy groups -OCH3 is 1. The molecule has 0 saturated carbocycles. The van der Waals surface area contributed by atoms with Crippen LogP contribution in [0.25, 0.3) is 11.0 Å². The lowest BCUT2D eigenvalue weighted by Gasteiger charge is -2.09. The molecule has 0 atom stereocenters. The second-order valence-electron chi connectivity index (χ2n) is 4.67. The Morgan fingerprint density at radius 2 is 1.95 bits per heavy atom. The molecule has 0 saturated heterocycles. The molecule has 20 heavy (non-hydrogen) atoms. The molecule has 0 fully saturated rings. The van der Waals surface area contributed by atoms with Crippen molar-refractivity contribution in [1.29, 1.82) is 0 Å². The second kappa shape index (κ2) is 5.65. The summed E-state index contributed by atoms with van der Waals surface area (Å²) in [5.74, 6) is 0.911. The topological polar surface area (TPSA) is 27.1 Å². The molecule has 0 N–H and O–H groups in total. The molecule has 3 aromatic rings. The third-order valence-corrected chi connectivity index (χ3v) is 3.48. The minimum atomic E-state index is 0.485. The Labute approximate surface area is 122 Å².